The van der Waals surface area contributed by atoms with Gasteiger partial charge < -0.3 is 9.52 Å². The SMILES string of the molecule is CC1=CCCC2C(C)(CCc3ccoc3)C(C)CC(O)C12C. The van der Waals surface area contributed by atoms with Crippen LogP contribution in [0.5, 0.6) is 0 Å². The number of furan rings is 1. The minimum absolute atomic E-state index is 0.0457. The smallest absolute Gasteiger partial charge is 0.0934 e. The van der Waals surface area contributed by atoms with Crippen molar-refractivity contribution in [2.75, 3.05) is 0 Å². The predicted molar refractivity (Wildman–Crippen MR) is 89.5 cm³/mol. The van der Waals surface area contributed by atoms with Crippen molar-refractivity contribution in [3.05, 3.63) is 35.8 Å². The molecule has 5 atom stereocenters. The van der Waals surface area contributed by atoms with Crippen LogP contribution < -0.4 is 0 Å². The molecule has 0 aromatic carbocycles. The quantitative estimate of drug-likeness (QED) is 0.799. The van der Waals surface area contributed by atoms with Crippen molar-refractivity contribution in [1.29, 1.82) is 0 Å². The Morgan fingerprint density at radius 3 is 2.82 bits per heavy atom. The number of rotatable bonds is 3. The lowest BCUT2D eigenvalue weighted by Crippen LogP contribution is -2.56. The molecule has 0 aliphatic heterocycles. The number of aliphatic hydroxyl groups excluding tert-OH is 1. The molecule has 0 spiro atoms. The Labute approximate surface area is 134 Å². The van der Waals surface area contributed by atoms with Crippen LogP contribution >= 0.6 is 0 Å². The first-order valence-corrected chi connectivity index (χ1v) is 8.75. The van der Waals surface area contributed by atoms with E-state index >= 15 is 0 Å². The van der Waals surface area contributed by atoms with Gasteiger partial charge in [0.05, 0.1) is 18.6 Å². The first-order valence-electron chi connectivity index (χ1n) is 8.75. The minimum Gasteiger partial charge on any atom is -0.472 e. The van der Waals surface area contributed by atoms with E-state index < -0.39 is 0 Å². The topological polar surface area (TPSA) is 33.4 Å². The highest BCUT2D eigenvalue weighted by Crippen LogP contribution is 2.61. The second-order valence-electron chi connectivity index (χ2n) is 8.09. The van der Waals surface area contributed by atoms with Crippen LogP contribution in [0.2, 0.25) is 0 Å². The first-order chi connectivity index (χ1) is 10.4. The van der Waals surface area contributed by atoms with Crippen molar-refractivity contribution in [1.82, 2.24) is 0 Å². The monoisotopic (exact) mass is 302 g/mol. The minimum atomic E-state index is -0.203. The molecule has 2 nitrogen and oxygen atoms in total. The summed E-state index contributed by atoms with van der Waals surface area (Å²) in [6.07, 6.45) is 11.3. The van der Waals surface area contributed by atoms with Gasteiger partial charge in [0.2, 0.25) is 0 Å². The third kappa shape index (κ3) is 2.27. The molecular formula is C20H30O2. The fraction of sp³-hybridized carbons (Fsp3) is 0.700. The molecule has 0 saturated heterocycles. The van der Waals surface area contributed by atoms with E-state index in [4.69, 9.17) is 4.42 Å². The zero-order chi connectivity index (χ0) is 16.0. The van der Waals surface area contributed by atoms with Crippen molar-refractivity contribution < 1.29 is 9.52 Å². The molecule has 3 rings (SSSR count). The zero-order valence-corrected chi connectivity index (χ0v) is 14.4. The summed E-state index contributed by atoms with van der Waals surface area (Å²) < 4.78 is 5.23. The summed E-state index contributed by atoms with van der Waals surface area (Å²) in [5.74, 6) is 1.12. The molecule has 1 aromatic heterocycles. The molecule has 5 unspecified atom stereocenters. The van der Waals surface area contributed by atoms with E-state index in [1.807, 2.05) is 6.26 Å². The number of fused-ring (bicyclic) bond motifs is 1. The van der Waals surface area contributed by atoms with E-state index in [1.165, 1.54) is 24.0 Å². The third-order valence-corrected chi connectivity index (χ3v) is 7.20. The summed E-state index contributed by atoms with van der Waals surface area (Å²) >= 11 is 0. The van der Waals surface area contributed by atoms with Crippen LogP contribution in [0.3, 0.4) is 0 Å². The number of aliphatic hydroxyl groups is 1. The van der Waals surface area contributed by atoms with E-state index in [2.05, 4.69) is 39.8 Å². The Kier molecular flexibility index (Phi) is 4.01. The van der Waals surface area contributed by atoms with Gasteiger partial charge >= 0.3 is 0 Å². The van der Waals surface area contributed by atoms with Crippen LogP contribution in [0.1, 0.15) is 58.9 Å². The summed E-state index contributed by atoms with van der Waals surface area (Å²) in [4.78, 5) is 0. The molecule has 1 heterocycles. The Balaban J connectivity index is 1.90. The number of hydrogen-bond acceptors (Lipinski definition) is 2. The van der Waals surface area contributed by atoms with Crippen molar-refractivity contribution in [3.63, 3.8) is 0 Å². The lowest BCUT2D eigenvalue weighted by Gasteiger charge is -2.60. The van der Waals surface area contributed by atoms with Gasteiger partial charge in [0, 0.05) is 5.41 Å². The fourth-order valence-electron chi connectivity index (χ4n) is 5.23. The van der Waals surface area contributed by atoms with Gasteiger partial charge in [0.15, 0.2) is 0 Å². The van der Waals surface area contributed by atoms with Gasteiger partial charge in [-0.1, -0.05) is 32.4 Å². The van der Waals surface area contributed by atoms with E-state index in [0.29, 0.717) is 11.8 Å². The number of allylic oxidation sites excluding steroid dienone is 1. The van der Waals surface area contributed by atoms with E-state index in [-0.39, 0.29) is 16.9 Å². The average Bonchev–Trinajstić information content (AvgIpc) is 2.99. The zero-order valence-electron chi connectivity index (χ0n) is 14.4. The first kappa shape index (κ1) is 15.9. The second kappa shape index (κ2) is 5.56. The normalized spacial score (nSPS) is 41.9. The Morgan fingerprint density at radius 2 is 2.14 bits per heavy atom. The summed E-state index contributed by atoms with van der Waals surface area (Å²) in [5, 5.41) is 10.8. The van der Waals surface area contributed by atoms with Gasteiger partial charge in [-0.3, -0.25) is 0 Å². The Morgan fingerprint density at radius 1 is 1.36 bits per heavy atom. The van der Waals surface area contributed by atoms with Crippen LogP contribution in [0.25, 0.3) is 0 Å². The lowest BCUT2D eigenvalue weighted by atomic mass is 9.46. The van der Waals surface area contributed by atoms with Gasteiger partial charge in [-0.2, -0.15) is 0 Å². The van der Waals surface area contributed by atoms with Gasteiger partial charge in [-0.05, 0) is 67.9 Å². The molecule has 2 aliphatic carbocycles. The Bertz CT molecular complexity index is 544. The van der Waals surface area contributed by atoms with E-state index in [9.17, 15) is 5.11 Å². The molecule has 2 heteroatoms. The molecule has 1 saturated carbocycles. The van der Waals surface area contributed by atoms with Gasteiger partial charge in [0.25, 0.3) is 0 Å². The maximum atomic E-state index is 10.8. The molecule has 1 N–H and O–H groups in total. The molecule has 2 aliphatic rings. The van der Waals surface area contributed by atoms with E-state index in [1.54, 1.807) is 6.26 Å². The summed E-state index contributed by atoms with van der Waals surface area (Å²) in [7, 11) is 0. The third-order valence-electron chi connectivity index (χ3n) is 7.20. The van der Waals surface area contributed by atoms with Crippen molar-refractivity contribution >= 4 is 0 Å². The molecule has 1 fully saturated rings. The van der Waals surface area contributed by atoms with Crippen molar-refractivity contribution in [3.8, 4) is 0 Å². The summed E-state index contributed by atoms with van der Waals surface area (Å²) in [6.45, 7) is 9.33. The van der Waals surface area contributed by atoms with Crippen molar-refractivity contribution in [2.24, 2.45) is 22.7 Å². The van der Waals surface area contributed by atoms with Crippen LogP contribution in [-0.2, 0) is 6.42 Å². The number of aryl methyl sites for hydroxylation is 1. The molecule has 0 radical (unpaired) electrons. The van der Waals surface area contributed by atoms with Crippen LogP contribution in [-0.4, -0.2) is 11.2 Å². The predicted octanol–water partition coefficient (Wildman–Crippen LogP) is 4.98. The molecule has 1 aromatic rings. The Hall–Kier alpha value is -1.02. The highest BCUT2D eigenvalue weighted by molar-refractivity contribution is 5.23. The molecular weight excluding hydrogens is 272 g/mol. The standard InChI is InChI=1S/C20H30O2/c1-14-6-5-7-17-19(3,10-8-16-9-11-22-13-16)15(2)12-18(21)20(14,17)4/h6,9,11,13,15,17-18,21H,5,7-8,10,12H2,1-4H3. The van der Waals surface area contributed by atoms with Crippen molar-refractivity contribution in [2.45, 2.75) is 65.9 Å². The summed E-state index contributed by atoms with van der Waals surface area (Å²) in [5.41, 5.74) is 2.93. The maximum absolute atomic E-state index is 10.8. The molecule has 22 heavy (non-hydrogen) atoms. The molecule has 122 valence electrons. The lowest BCUT2D eigenvalue weighted by molar-refractivity contribution is -0.124. The largest absolute Gasteiger partial charge is 0.472 e. The number of hydrogen-bond donors (Lipinski definition) is 1. The fourth-order valence-corrected chi connectivity index (χ4v) is 5.23. The summed E-state index contributed by atoms with van der Waals surface area (Å²) in [6, 6.07) is 2.08. The average molecular weight is 302 g/mol. The maximum Gasteiger partial charge on any atom is 0.0934 e. The molecule has 0 amide bonds. The van der Waals surface area contributed by atoms with Gasteiger partial charge in [0.1, 0.15) is 0 Å². The second-order valence-corrected chi connectivity index (χ2v) is 8.09. The van der Waals surface area contributed by atoms with E-state index in [0.717, 1.165) is 19.3 Å². The van der Waals surface area contributed by atoms with Gasteiger partial charge in [-0.15, -0.1) is 0 Å². The van der Waals surface area contributed by atoms with Crippen LogP contribution in [0.4, 0.5) is 0 Å². The highest BCUT2D eigenvalue weighted by atomic mass is 16.3. The highest BCUT2D eigenvalue weighted by Gasteiger charge is 2.56. The van der Waals surface area contributed by atoms with Crippen LogP contribution in [0, 0.1) is 22.7 Å². The van der Waals surface area contributed by atoms with Crippen LogP contribution in [0.15, 0.2) is 34.7 Å². The van der Waals surface area contributed by atoms with Gasteiger partial charge in [-0.25, -0.2) is 0 Å². The molecule has 0 bridgehead atoms.